The quantitative estimate of drug-likeness (QED) is 0.676. The molecule has 8 heteroatoms. The normalized spacial score (nSPS) is 14.7. The van der Waals surface area contributed by atoms with Crippen LogP contribution >= 0.6 is 0 Å². The summed E-state index contributed by atoms with van der Waals surface area (Å²) in [5.41, 5.74) is 3.44. The predicted molar refractivity (Wildman–Crippen MR) is 111 cm³/mol. The van der Waals surface area contributed by atoms with Gasteiger partial charge in [0.05, 0.1) is 22.7 Å². The van der Waals surface area contributed by atoms with E-state index < -0.39 is 0 Å². The fraction of sp³-hybridized carbons (Fsp3) is 0.429. The summed E-state index contributed by atoms with van der Waals surface area (Å²) in [7, 11) is 1.81. The maximum atomic E-state index is 12.8. The molecule has 0 aliphatic carbocycles. The van der Waals surface area contributed by atoms with Gasteiger partial charge >= 0.3 is 0 Å². The molecule has 0 atom stereocenters. The Balaban J connectivity index is 1.50. The van der Waals surface area contributed by atoms with E-state index in [4.69, 9.17) is 4.74 Å². The highest BCUT2D eigenvalue weighted by Gasteiger charge is 2.25. The molecule has 152 valence electrons. The third-order valence-electron chi connectivity index (χ3n) is 5.08. The van der Waals surface area contributed by atoms with Crippen molar-refractivity contribution in [3.05, 3.63) is 42.0 Å². The monoisotopic (exact) mass is 394 g/mol. The minimum absolute atomic E-state index is 0.0345. The van der Waals surface area contributed by atoms with Crippen LogP contribution in [0.2, 0.25) is 0 Å². The number of amides is 1. The SMILES string of the molecule is Cc1cc(C(=O)N2CCN(c3ccc4ncnc(OC(C)C)c4c3)CC2)n(C)n1. The summed E-state index contributed by atoms with van der Waals surface area (Å²) in [6.45, 7) is 8.73. The van der Waals surface area contributed by atoms with Crippen molar-refractivity contribution in [3.63, 3.8) is 0 Å². The molecule has 1 fully saturated rings. The lowest BCUT2D eigenvalue weighted by Crippen LogP contribution is -2.49. The largest absolute Gasteiger partial charge is 0.474 e. The van der Waals surface area contributed by atoms with E-state index in [0.717, 1.165) is 35.4 Å². The van der Waals surface area contributed by atoms with E-state index >= 15 is 0 Å². The molecule has 0 N–H and O–H groups in total. The number of benzene rings is 1. The number of fused-ring (bicyclic) bond motifs is 1. The zero-order valence-corrected chi connectivity index (χ0v) is 17.3. The number of carbonyl (C=O) groups excluding carboxylic acids is 1. The highest BCUT2D eigenvalue weighted by Crippen LogP contribution is 2.28. The number of hydrogen-bond donors (Lipinski definition) is 0. The molecular weight excluding hydrogens is 368 g/mol. The van der Waals surface area contributed by atoms with Crippen molar-refractivity contribution >= 4 is 22.5 Å². The van der Waals surface area contributed by atoms with Crippen LogP contribution in [0.25, 0.3) is 10.9 Å². The second kappa shape index (κ2) is 7.69. The number of aryl methyl sites for hydroxylation is 2. The van der Waals surface area contributed by atoms with Crippen LogP contribution in [0.4, 0.5) is 5.69 Å². The number of rotatable bonds is 4. The average Bonchev–Trinajstić information content (AvgIpc) is 3.05. The number of aromatic nitrogens is 4. The van der Waals surface area contributed by atoms with E-state index in [-0.39, 0.29) is 12.0 Å². The molecule has 0 spiro atoms. The molecule has 29 heavy (non-hydrogen) atoms. The van der Waals surface area contributed by atoms with Gasteiger partial charge in [0.25, 0.3) is 5.91 Å². The standard InChI is InChI=1S/C21H26N6O2/c1-14(2)29-20-17-12-16(5-6-18(17)22-13-23-20)26-7-9-27(10-8-26)21(28)19-11-15(3)24-25(19)4/h5-6,11-14H,7-10H2,1-4H3. The van der Waals surface area contributed by atoms with Crippen molar-refractivity contribution in [1.82, 2.24) is 24.6 Å². The van der Waals surface area contributed by atoms with E-state index in [0.29, 0.717) is 24.7 Å². The molecule has 0 unspecified atom stereocenters. The second-order valence-electron chi connectivity index (χ2n) is 7.62. The number of carbonyl (C=O) groups is 1. The van der Waals surface area contributed by atoms with Crippen molar-refractivity contribution in [2.24, 2.45) is 7.05 Å². The molecule has 0 bridgehead atoms. The molecule has 0 radical (unpaired) electrons. The molecular formula is C21H26N6O2. The Kier molecular flexibility index (Phi) is 5.08. The molecule has 1 aromatic carbocycles. The van der Waals surface area contributed by atoms with Gasteiger partial charge in [-0.1, -0.05) is 0 Å². The Morgan fingerprint density at radius 3 is 2.52 bits per heavy atom. The van der Waals surface area contributed by atoms with E-state index in [9.17, 15) is 4.79 Å². The zero-order chi connectivity index (χ0) is 20.5. The fourth-order valence-corrected chi connectivity index (χ4v) is 3.68. The molecule has 2 aromatic heterocycles. The first kappa shape index (κ1) is 19.2. The van der Waals surface area contributed by atoms with Crippen molar-refractivity contribution in [1.29, 1.82) is 0 Å². The summed E-state index contributed by atoms with van der Waals surface area (Å²) in [4.78, 5) is 25.6. The van der Waals surface area contributed by atoms with E-state index in [1.807, 2.05) is 44.9 Å². The Morgan fingerprint density at radius 1 is 1.10 bits per heavy atom. The Hall–Kier alpha value is -3.16. The second-order valence-corrected chi connectivity index (χ2v) is 7.62. The first-order chi connectivity index (χ1) is 13.9. The summed E-state index contributed by atoms with van der Waals surface area (Å²) >= 11 is 0. The lowest BCUT2D eigenvalue weighted by atomic mass is 10.1. The average molecular weight is 394 g/mol. The van der Waals surface area contributed by atoms with Gasteiger partial charge in [0.1, 0.15) is 12.0 Å². The van der Waals surface area contributed by atoms with Gasteiger partial charge in [-0.05, 0) is 45.0 Å². The van der Waals surface area contributed by atoms with Crippen LogP contribution in [-0.2, 0) is 7.05 Å². The van der Waals surface area contributed by atoms with Crippen LogP contribution in [0, 0.1) is 6.92 Å². The molecule has 3 heterocycles. The van der Waals surface area contributed by atoms with Gasteiger partial charge in [0.15, 0.2) is 0 Å². The van der Waals surface area contributed by atoms with Gasteiger partial charge < -0.3 is 14.5 Å². The number of nitrogens with zero attached hydrogens (tertiary/aromatic N) is 6. The highest BCUT2D eigenvalue weighted by molar-refractivity contribution is 5.93. The smallest absolute Gasteiger partial charge is 0.272 e. The van der Waals surface area contributed by atoms with Crippen LogP contribution < -0.4 is 9.64 Å². The first-order valence-corrected chi connectivity index (χ1v) is 9.88. The van der Waals surface area contributed by atoms with Crippen LogP contribution in [0.5, 0.6) is 5.88 Å². The minimum atomic E-state index is 0.0345. The number of piperazine rings is 1. The molecule has 1 amide bonds. The molecule has 4 rings (SSSR count). The zero-order valence-electron chi connectivity index (χ0n) is 17.3. The van der Waals surface area contributed by atoms with Gasteiger partial charge in [-0.3, -0.25) is 9.48 Å². The fourth-order valence-electron chi connectivity index (χ4n) is 3.68. The van der Waals surface area contributed by atoms with E-state index in [1.54, 1.807) is 4.68 Å². The molecule has 3 aromatic rings. The summed E-state index contributed by atoms with van der Waals surface area (Å²) < 4.78 is 7.51. The molecule has 1 aliphatic heterocycles. The highest BCUT2D eigenvalue weighted by atomic mass is 16.5. The van der Waals surface area contributed by atoms with Gasteiger partial charge in [-0.15, -0.1) is 0 Å². The van der Waals surface area contributed by atoms with Crippen molar-refractivity contribution in [2.45, 2.75) is 26.9 Å². The molecule has 0 saturated carbocycles. The maximum absolute atomic E-state index is 12.8. The van der Waals surface area contributed by atoms with E-state index in [1.165, 1.54) is 6.33 Å². The predicted octanol–water partition coefficient (Wildman–Crippen LogP) is 2.42. The topological polar surface area (TPSA) is 76.4 Å². The lowest BCUT2D eigenvalue weighted by molar-refractivity contribution is 0.0735. The molecule has 1 aliphatic rings. The van der Waals surface area contributed by atoms with Gasteiger partial charge in [0.2, 0.25) is 5.88 Å². The van der Waals surface area contributed by atoms with Crippen LogP contribution in [0.15, 0.2) is 30.6 Å². The first-order valence-electron chi connectivity index (χ1n) is 9.88. The van der Waals surface area contributed by atoms with Gasteiger partial charge in [-0.25, -0.2) is 9.97 Å². The maximum Gasteiger partial charge on any atom is 0.272 e. The van der Waals surface area contributed by atoms with Gasteiger partial charge in [-0.2, -0.15) is 5.10 Å². The summed E-state index contributed by atoms with van der Waals surface area (Å²) in [6, 6.07) is 7.98. The summed E-state index contributed by atoms with van der Waals surface area (Å²) in [5, 5.41) is 5.19. The molecule has 8 nitrogen and oxygen atoms in total. The Morgan fingerprint density at radius 2 is 1.86 bits per heavy atom. The van der Waals surface area contributed by atoms with Gasteiger partial charge in [0, 0.05) is 38.9 Å². The van der Waals surface area contributed by atoms with Crippen molar-refractivity contribution in [3.8, 4) is 5.88 Å². The van der Waals surface area contributed by atoms with Crippen molar-refractivity contribution in [2.75, 3.05) is 31.1 Å². The minimum Gasteiger partial charge on any atom is -0.474 e. The van der Waals surface area contributed by atoms with Crippen LogP contribution in [-0.4, -0.2) is 62.8 Å². The number of hydrogen-bond acceptors (Lipinski definition) is 6. The number of anilines is 1. The molecule has 1 saturated heterocycles. The van der Waals surface area contributed by atoms with Crippen LogP contribution in [0.3, 0.4) is 0 Å². The lowest BCUT2D eigenvalue weighted by Gasteiger charge is -2.36. The third kappa shape index (κ3) is 3.87. The van der Waals surface area contributed by atoms with Crippen molar-refractivity contribution < 1.29 is 9.53 Å². The summed E-state index contributed by atoms with van der Waals surface area (Å²) in [5.74, 6) is 0.638. The summed E-state index contributed by atoms with van der Waals surface area (Å²) in [6.07, 6.45) is 1.58. The number of ether oxygens (including phenoxy) is 1. The Bertz CT molecular complexity index is 1040. The Labute approximate surface area is 170 Å². The van der Waals surface area contributed by atoms with E-state index in [2.05, 4.69) is 32.1 Å². The van der Waals surface area contributed by atoms with Crippen LogP contribution in [0.1, 0.15) is 30.0 Å². The third-order valence-corrected chi connectivity index (χ3v) is 5.08.